The third-order valence-corrected chi connectivity index (χ3v) is 3.74. The second-order valence-corrected chi connectivity index (χ2v) is 6.35. The maximum absolute atomic E-state index is 4.41. The van der Waals surface area contributed by atoms with Crippen LogP contribution in [0.1, 0.15) is 76.5 Å². The van der Waals surface area contributed by atoms with E-state index >= 15 is 0 Å². The molecule has 1 fully saturated rings. The van der Waals surface area contributed by atoms with Gasteiger partial charge in [-0.05, 0) is 42.2 Å². The fourth-order valence-electron chi connectivity index (χ4n) is 2.66. The molecule has 0 amide bonds. The number of rotatable bonds is 4. The molecule has 1 aromatic heterocycles. The highest BCUT2D eigenvalue weighted by atomic mass is 15.1. The van der Waals surface area contributed by atoms with Crippen LogP contribution < -0.4 is 0 Å². The van der Waals surface area contributed by atoms with Crippen LogP contribution >= 0.6 is 0 Å². The lowest BCUT2D eigenvalue weighted by atomic mass is 9.73. The van der Waals surface area contributed by atoms with E-state index in [0.29, 0.717) is 17.3 Å². The minimum atomic E-state index is 0.308. The summed E-state index contributed by atoms with van der Waals surface area (Å²) in [5.74, 6) is 1.30. The Bertz CT molecular complexity index is 375. The van der Waals surface area contributed by atoms with E-state index < -0.39 is 0 Å². The molecule has 94 valence electrons. The summed E-state index contributed by atoms with van der Waals surface area (Å²) in [5, 5.41) is 8.49. The number of hydrogen-bond donors (Lipinski definition) is 0. The van der Waals surface area contributed by atoms with Gasteiger partial charge < -0.3 is 0 Å². The van der Waals surface area contributed by atoms with E-state index in [4.69, 9.17) is 0 Å². The molecule has 0 bridgehead atoms. The first-order valence-electron chi connectivity index (χ1n) is 6.85. The van der Waals surface area contributed by atoms with Crippen LogP contribution in [-0.4, -0.2) is 10.2 Å². The lowest BCUT2D eigenvalue weighted by Gasteiger charge is -2.32. The summed E-state index contributed by atoms with van der Waals surface area (Å²) < 4.78 is 0. The molecule has 0 aromatic carbocycles. The Morgan fingerprint density at radius 1 is 1.35 bits per heavy atom. The summed E-state index contributed by atoms with van der Waals surface area (Å²) in [7, 11) is 0. The topological polar surface area (TPSA) is 25.8 Å². The molecule has 1 aliphatic carbocycles. The third-order valence-electron chi connectivity index (χ3n) is 3.74. The summed E-state index contributed by atoms with van der Waals surface area (Å²) >= 11 is 0. The second-order valence-electron chi connectivity index (χ2n) is 6.35. The third kappa shape index (κ3) is 2.85. The van der Waals surface area contributed by atoms with Crippen molar-refractivity contribution >= 4 is 0 Å². The first-order valence-corrected chi connectivity index (χ1v) is 6.85. The molecule has 1 atom stereocenters. The molecular weight excluding hydrogens is 208 g/mol. The fraction of sp³-hybridized carbons (Fsp3) is 0.733. The minimum Gasteiger partial charge on any atom is -0.159 e. The van der Waals surface area contributed by atoms with Crippen LogP contribution in [-0.2, 0) is 0 Å². The molecule has 1 aromatic rings. The molecule has 1 unspecified atom stereocenters. The van der Waals surface area contributed by atoms with Gasteiger partial charge in [-0.2, -0.15) is 10.2 Å². The maximum atomic E-state index is 4.41. The molecule has 0 radical (unpaired) electrons. The molecular formula is C15H24N2. The van der Waals surface area contributed by atoms with Crippen molar-refractivity contribution in [2.45, 2.75) is 65.2 Å². The summed E-state index contributed by atoms with van der Waals surface area (Å²) in [6, 6.07) is 2.20. The smallest absolute Gasteiger partial charge is 0.0696 e. The minimum absolute atomic E-state index is 0.308. The number of hydrogen-bond acceptors (Lipinski definition) is 2. The molecule has 0 spiro atoms. The molecule has 2 heteroatoms. The average molecular weight is 232 g/mol. The molecule has 1 heterocycles. The van der Waals surface area contributed by atoms with Crippen LogP contribution in [0.2, 0.25) is 0 Å². The first kappa shape index (κ1) is 12.5. The Morgan fingerprint density at radius 2 is 2.06 bits per heavy atom. The van der Waals surface area contributed by atoms with E-state index in [2.05, 4.69) is 44.0 Å². The zero-order chi connectivity index (χ0) is 12.5. The van der Waals surface area contributed by atoms with Gasteiger partial charge in [0.15, 0.2) is 0 Å². The van der Waals surface area contributed by atoms with Crippen molar-refractivity contribution in [2.75, 3.05) is 0 Å². The molecule has 2 nitrogen and oxygen atoms in total. The van der Waals surface area contributed by atoms with Gasteiger partial charge in [0, 0.05) is 12.1 Å². The quantitative estimate of drug-likeness (QED) is 0.774. The van der Waals surface area contributed by atoms with E-state index in [1.165, 1.54) is 36.9 Å². The van der Waals surface area contributed by atoms with Gasteiger partial charge in [-0.25, -0.2) is 0 Å². The highest BCUT2D eigenvalue weighted by Crippen LogP contribution is 2.46. The monoisotopic (exact) mass is 232 g/mol. The van der Waals surface area contributed by atoms with E-state index in [1.807, 2.05) is 6.20 Å². The van der Waals surface area contributed by atoms with Gasteiger partial charge in [0.2, 0.25) is 0 Å². The van der Waals surface area contributed by atoms with Gasteiger partial charge in [0.05, 0.1) is 5.69 Å². The van der Waals surface area contributed by atoms with Crippen molar-refractivity contribution in [1.29, 1.82) is 0 Å². The van der Waals surface area contributed by atoms with Crippen molar-refractivity contribution in [1.82, 2.24) is 10.2 Å². The van der Waals surface area contributed by atoms with Crippen molar-refractivity contribution in [3.05, 3.63) is 23.5 Å². The molecule has 0 N–H and O–H groups in total. The summed E-state index contributed by atoms with van der Waals surface area (Å²) in [6.07, 6.45) is 6.93. The van der Waals surface area contributed by atoms with E-state index in [9.17, 15) is 0 Å². The van der Waals surface area contributed by atoms with E-state index in [1.54, 1.807) is 0 Å². The molecule has 1 aliphatic rings. The maximum Gasteiger partial charge on any atom is 0.0696 e. The van der Waals surface area contributed by atoms with Gasteiger partial charge in [-0.1, -0.05) is 34.1 Å². The zero-order valence-corrected chi connectivity index (χ0v) is 11.5. The normalized spacial score (nSPS) is 18.1. The van der Waals surface area contributed by atoms with Gasteiger partial charge in [-0.15, -0.1) is 0 Å². The number of nitrogens with zero attached hydrogens (tertiary/aromatic N) is 2. The molecule has 0 aliphatic heterocycles. The summed E-state index contributed by atoms with van der Waals surface area (Å²) in [5.41, 5.74) is 3.04. The standard InChI is InChI=1S/C15H24N2/c1-5-6-13(15(2,3)4)12-9-10-16-17-14(12)11-7-8-11/h9-11,13H,5-8H2,1-4H3. The van der Waals surface area contributed by atoms with Crippen LogP contribution in [0.25, 0.3) is 0 Å². The average Bonchev–Trinajstić information content (AvgIpc) is 3.08. The molecule has 0 saturated heterocycles. The second kappa shape index (κ2) is 4.75. The van der Waals surface area contributed by atoms with Crippen LogP contribution in [0.15, 0.2) is 12.3 Å². The predicted octanol–water partition coefficient (Wildman–Crippen LogP) is 4.28. The lowest BCUT2D eigenvalue weighted by molar-refractivity contribution is 0.300. The van der Waals surface area contributed by atoms with Crippen molar-refractivity contribution in [2.24, 2.45) is 5.41 Å². The van der Waals surface area contributed by atoms with Gasteiger partial charge >= 0.3 is 0 Å². The number of aromatic nitrogens is 2. The van der Waals surface area contributed by atoms with Gasteiger partial charge in [-0.3, -0.25) is 0 Å². The van der Waals surface area contributed by atoms with Crippen LogP contribution in [0.4, 0.5) is 0 Å². The van der Waals surface area contributed by atoms with Crippen molar-refractivity contribution < 1.29 is 0 Å². The molecule has 17 heavy (non-hydrogen) atoms. The molecule has 2 rings (SSSR count). The van der Waals surface area contributed by atoms with Gasteiger partial charge in [0.1, 0.15) is 0 Å². The van der Waals surface area contributed by atoms with Crippen molar-refractivity contribution in [3.8, 4) is 0 Å². The Labute approximate surface area is 105 Å². The highest BCUT2D eigenvalue weighted by Gasteiger charge is 2.33. The Morgan fingerprint density at radius 3 is 2.59 bits per heavy atom. The summed E-state index contributed by atoms with van der Waals surface area (Å²) in [6.45, 7) is 9.28. The first-order chi connectivity index (χ1) is 8.04. The lowest BCUT2D eigenvalue weighted by Crippen LogP contribution is -2.20. The van der Waals surface area contributed by atoms with Crippen molar-refractivity contribution in [3.63, 3.8) is 0 Å². The Balaban J connectivity index is 2.34. The fourth-order valence-corrected chi connectivity index (χ4v) is 2.66. The van der Waals surface area contributed by atoms with Gasteiger partial charge in [0.25, 0.3) is 0 Å². The Hall–Kier alpha value is -0.920. The predicted molar refractivity (Wildman–Crippen MR) is 71.1 cm³/mol. The van der Waals surface area contributed by atoms with Crippen LogP contribution in [0, 0.1) is 5.41 Å². The SMILES string of the molecule is CCCC(c1ccnnc1C1CC1)C(C)(C)C. The largest absolute Gasteiger partial charge is 0.159 e. The highest BCUT2D eigenvalue weighted by molar-refractivity contribution is 5.29. The van der Waals surface area contributed by atoms with Crippen LogP contribution in [0.3, 0.4) is 0 Å². The zero-order valence-electron chi connectivity index (χ0n) is 11.5. The van der Waals surface area contributed by atoms with E-state index in [0.717, 1.165) is 0 Å². The molecule has 1 saturated carbocycles. The summed E-state index contributed by atoms with van der Waals surface area (Å²) in [4.78, 5) is 0. The Kier molecular flexibility index (Phi) is 3.50. The van der Waals surface area contributed by atoms with E-state index in [-0.39, 0.29) is 0 Å². The van der Waals surface area contributed by atoms with Crippen LogP contribution in [0.5, 0.6) is 0 Å².